The second-order valence-electron chi connectivity index (χ2n) is 6.28. The van der Waals surface area contributed by atoms with E-state index in [4.69, 9.17) is 16.3 Å². The molecule has 0 radical (unpaired) electrons. The number of alkyl halides is 1. The number of benzene rings is 1. The van der Waals surface area contributed by atoms with Gasteiger partial charge in [0, 0.05) is 11.3 Å². The summed E-state index contributed by atoms with van der Waals surface area (Å²) in [7, 11) is 1.74. The first kappa shape index (κ1) is 12.3. The first-order chi connectivity index (χ1) is 8.57. The fourth-order valence-electron chi connectivity index (χ4n) is 4.33. The van der Waals surface area contributed by atoms with Crippen LogP contribution in [0.4, 0.5) is 0 Å². The van der Waals surface area contributed by atoms with Gasteiger partial charge < -0.3 is 4.74 Å². The Morgan fingerprint density at radius 2 is 2.17 bits per heavy atom. The molecule has 1 spiro atoms. The highest BCUT2D eigenvalue weighted by Crippen LogP contribution is 2.73. The van der Waals surface area contributed by atoms with Gasteiger partial charge in [-0.2, -0.15) is 0 Å². The Kier molecular flexibility index (Phi) is 2.68. The third-order valence-electron chi connectivity index (χ3n) is 5.50. The zero-order valence-corrected chi connectivity index (χ0v) is 12.2. The minimum atomic E-state index is 0.302. The van der Waals surface area contributed by atoms with Crippen LogP contribution < -0.4 is 4.74 Å². The molecule has 2 aliphatic carbocycles. The van der Waals surface area contributed by atoms with Gasteiger partial charge in [-0.15, -0.1) is 11.6 Å². The van der Waals surface area contributed by atoms with E-state index in [1.54, 1.807) is 7.11 Å². The fourth-order valence-corrected chi connectivity index (χ4v) is 4.98. The molecule has 2 atom stereocenters. The van der Waals surface area contributed by atoms with Gasteiger partial charge >= 0.3 is 0 Å². The summed E-state index contributed by atoms with van der Waals surface area (Å²) in [4.78, 5) is 0. The van der Waals surface area contributed by atoms with E-state index in [1.807, 2.05) is 0 Å². The van der Waals surface area contributed by atoms with Gasteiger partial charge in [0.1, 0.15) is 5.75 Å². The van der Waals surface area contributed by atoms with Crippen molar-refractivity contribution in [2.45, 2.75) is 38.5 Å². The van der Waals surface area contributed by atoms with Gasteiger partial charge in [-0.05, 0) is 53.9 Å². The fraction of sp³-hybridized carbons (Fsp3) is 0.625. The van der Waals surface area contributed by atoms with Gasteiger partial charge in [-0.1, -0.05) is 19.9 Å². The lowest BCUT2D eigenvalue weighted by molar-refractivity contribution is 0.403. The zero-order chi connectivity index (χ0) is 13.0. The molecular weight excluding hydrogens is 244 g/mol. The average Bonchev–Trinajstić information content (AvgIpc) is 2.85. The quantitative estimate of drug-likeness (QED) is 0.729. The van der Waals surface area contributed by atoms with Crippen molar-refractivity contribution in [1.29, 1.82) is 0 Å². The van der Waals surface area contributed by atoms with Crippen molar-refractivity contribution in [3.05, 3.63) is 29.3 Å². The van der Waals surface area contributed by atoms with Crippen LogP contribution >= 0.6 is 11.6 Å². The van der Waals surface area contributed by atoms with Crippen molar-refractivity contribution in [3.63, 3.8) is 0 Å². The number of hydrogen-bond donors (Lipinski definition) is 0. The summed E-state index contributed by atoms with van der Waals surface area (Å²) in [6.45, 7) is 4.74. The maximum Gasteiger partial charge on any atom is 0.119 e. The average molecular weight is 265 g/mol. The van der Waals surface area contributed by atoms with Crippen LogP contribution in [0, 0.1) is 11.3 Å². The molecule has 1 nitrogen and oxygen atoms in total. The predicted octanol–water partition coefficient (Wildman–Crippen LogP) is 4.16. The van der Waals surface area contributed by atoms with E-state index in [9.17, 15) is 0 Å². The lowest BCUT2D eigenvalue weighted by Crippen LogP contribution is -2.22. The third-order valence-corrected chi connectivity index (χ3v) is 5.81. The topological polar surface area (TPSA) is 9.23 Å². The Hall–Kier alpha value is -0.690. The van der Waals surface area contributed by atoms with Gasteiger partial charge in [0.05, 0.1) is 7.11 Å². The molecule has 3 rings (SSSR count). The minimum absolute atomic E-state index is 0.302. The van der Waals surface area contributed by atoms with Gasteiger partial charge in [-0.3, -0.25) is 0 Å². The van der Waals surface area contributed by atoms with Gasteiger partial charge in [-0.25, -0.2) is 0 Å². The molecule has 1 aromatic rings. The Bertz CT molecular complexity index is 480. The molecule has 1 saturated carbocycles. The second-order valence-corrected chi connectivity index (χ2v) is 6.59. The molecule has 0 saturated heterocycles. The van der Waals surface area contributed by atoms with E-state index in [0.717, 1.165) is 11.6 Å². The van der Waals surface area contributed by atoms with Crippen LogP contribution in [0.5, 0.6) is 5.75 Å². The highest BCUT2D eigenvalue weighted by Gasteiger charge is 2.71. The summed E-state index contributed by atoms with van der Waals surface area (Å²) in [5, 5.41) is 0. The molecule has 1 fully saturated rings. The number of fused-ring (bicyclic) bond motifs is 2. The van der Waals surface area contributed by atoms with Crippen LogP contribution in [0.15, 0.2) is 18.2 Å². The van der Waals surface area contributed by atoms with E-state index in [1.165, 1.54) is 30.4 Å². The summed E-state index contributed by atoms with van der Waals surface area (Å²) in [6, 6.07) is 6.58. The van der Waals surface area contributed by atoms with Gasteiger partial charge in [0.15, 0.2) is 0 Å². The normalized spacial score (nSPS) is 32.1. The molecule has 2 unspecified atom stereocenters. The molecule has 0 bridgehead atoms. The number of aryl methyl sites for hydroxylation is 1. The maximum atomic E-state index is 6.22. The second kappa shape index (κ2) is 3.90. The van der Waals surface area contributed by atoms with Gasteiger partial charge in [0.25, 0.3) is 0 Å². The largest absolute Gasteiger partial charge is 0.497 e. The summed E-state index contributed by atoms with van der Waals surface area (Å²) in [6.07, 6.45) is 3.76. The number of hydrogen-bond acceptors (Lipinski definition) is 1. The predicted molar refractivity (Wildman–Crippen MR) is 75.6 cm³/mol. The summed E-state index contributed by atoms with van der Waals surface area (Å²) < 4.78 is 5.41. The highest BCUT2D eigenvalue weighted by molar-refractivity contribution is 6.18. The monoisotopic (exact) mass is 264 g/mol. The van der Waals surface area contributed by atoms with Crippen LogP contribution in [0.3, 0.4) is 0 Å². The Morgan fingerprint density at radius 1 is 1.39 bits per heavy atom. The van der Waals surface area contributed by atoms with Gasteiger partial charge in [0.2, 0.25) is 0 Å². The van der Waals surface area contributed by atoms with Crippen molar-refractivity contribution >= 4 is 11.6 Å². The summed E-state index contributed by atoms with van der Waals surface area (Å²) in [5.41, 5.74) is 3.64. The van der Waals surface area contributed by atoms with Crippen molar-refractivity contribution in [1.82, 2.24) is 0 Å². The molecule has 1 aromatic carbocycles. The molecule has 0 aromatic heterocycles. The number of ether oxygens (including phenoxy) is 1. The SMILES string of the molecule is COc1ccc2c(c1)C1(CCC2)C(CCl)C1(C)C. The van der Waals surface area contributed by atoms with Crippen LogP contribution in [-0.2, 0) is 11.8 Å². The van der Waals surface area contributed by atoms with E-state index < -0.39 is 0 Å². The summed E-state index contributed by atoms with van der Waals surface area (Å²) in [5.74, 6) is 2.35. The van der Waals surface area contributed by atoms with E-state index in [-0.39, 0.29) is 0 Å². The molecule has 0 N–H and O–H groups in total. The van der Waals surface area contributed by atoms with Crippen LogP contribution in [-0.4, -0.2) is 13.0 Å². The molecule has 0 heterocycles. The zero-order valence-electron chi connectivity index (χ0n) is 11.4. The molecule has 0 aliphatic heterocycles. The van der Waals surface area contributed by atoms with E-state index in [0.29, 0.717) is 16.7 Å². The van der Waals surface area contributed by atoms with Crippen molar-refractivity contribution in [2.75, 3.05) is 13.0 Å². The number of halogens is 1. The van der Waals surface area contributed by atoms with Crippen molar-refractivity contribution < 1.29 is 4.74 Å². The standard InChI is InChI=1S/C16H21ClO/c1-15(2)14(10-17)16(15)8-4-5-11-6-7-12(18-3)9-13(11)16/h6-7,9,14H,4-5,8,10H2,1-3H3. The Balaban J connectivity index is 2.13. The third kappa shape index (κ3) is 1.34. The molecule has 2 heteroatoms. The Labute approximate surface area is 114 Å². The molecule has 98 valence electrons. The van der Waals surface area contributed by atoms with E-state index in [2.05, 4.69) is 32.0 Å². The lowest BCUT2D eigenvalue weighted by atomic mass is 9.75. The minimum Gasteiger partial charge on any atom is -0.497 e. The molecule has 2 aliphatic rings. The lowest BCUT2D eigenvalue weighted by Gasteiger charge is -2.29. The van der Waals surface area contributed by atoms with Crippen LogP contribution in [0.1, 0.15) is 37.8 Å². The smallest absolute Gasteiger partial charge is 0.119 e. The van der Waals surface area contributed by atoms with Crippen LogP contribution in [0.2, 0.25) is 0 Å². The van der Waals surface area contributed by atoms with Crippen LogP contribution in [0.25, 0.3) is 0 Å². The number of methoxy groups -OCH3 is 1. The van der Waals surface area contributed by atoms with Crippen molar-refractivity contribution in [2.24, 2.45) is 11.3 Å². The Morgan fingerprint density at radius 3 is 2.78 bits per heavy atom. The van der Waals surface area contributed by atoms with E-state index >= 15 is 0 Å². The highest BCUT2D eigenvalue weighted by atomic mass is 35.5. The summed E-state index contributed by atoms with van der Waals surface area (Å²) >= 11 is 6.22. The molecule has 0 amide bonds. The number of rotatable bonds is 2. The first-order valence-corrected chi connectivity index (χ1v) is 7.34. The molecule has 18 heavy (non-hydrogen) atoms. The first-order valence-electron chi connectivity index (χ1n) is 6.81. The van der Waals surface area contributed by atoms with Crippen molar-refractivity contribution in [3.8, 4) is 5.75 Å². The maximum absolute atomic E-state index is 6.22. The molecular formula is C16H21ClO.